The first kappa shape index (κ1) is 23.8. The van der Waals surface area contributed by atoms with E-state index in [1.54, 1.807) is 6.07 Å². The summed E-state index contributed by atoms with van der Waals surface area (Å²) in [4.78, 5) is 0. The van der Waals surface area contributed by atoms with Crippen molar-refractivity contribution < 1.29 is 4.39 Å². The highest BCUT2D eigenvalue weighted by atomic mass is 19.1. The van der Waals surface area contributed by atoms with Gasteiger partial charge >= 0.3 is 0 Å². The lowest BCUT2D eigenvalue weighted by molar-refractivity contribution is 0.260. The van der Waals surface area contributed by atoms with Crippen LogP contribution in [0.3, 0.4) is 0 Å². The third-order valence-electron chi connectivity index (χ3n) is 7.90. The van der Waals surface area contributed by atoms with Gasteiger partial charge in [-0.2, -0.15) is 9.65 Å². The van der Waals surface area contributed by atoms with E-state index in [4.69, 9.17) is 5.26 Å². The molecule has 0 atom stereocenters. The molecule has 1 aromatic carbocycles. The van der Waals surface area contributed by atoms with Crippen LogP contribution in [0, 0.1) is 29.1 Å². The molecular weight excluding hydrogens is 381 g/mol. The zero-order chi connectivity index (χ0) is 22.1. The van der Waals surface area contributed by atoms with E-state index in [2.05, 4.69) is 37.8 Å². The Balaban J connectivity index is 1.40. The number of nitrogens with zero attached hydrogens (tertiary/aromatic N) is 1. The van der Waals surface area contributed by atoms with Crippen molar-refractivity contribution in [3.8, 4) is 6.07 Å². The summed E-state index contributed by atoms with van der Waals surface area (Å²) >= 11 is 0. The van der Waals surface area contributed by atoms with Crippen molar-refractivity contribution in [2.24, 2.45) is 17.8 Å². The molecule has 1 aromatic rings. The van der Waals surface area contributed by atoms with Gasteiger partial charge in [0, 0.05) is 0 Å². The molecule has 168 valence electrons. The van der Waals surface area contributed by atoms with Crippen LogP contribution < -0.4 is 0 Å². The number of benzene rings is 1. The maximum Gasteiger partial charge on any atom is 0.196 e. The summed E-state index contributed by atoms with van der Waals surface area (Å²) < 4.78 is 12.9. The van der Waals surface area contributed by atoms with Crippen LogP contribution in [0.2, 0.25) is 0 Å². The van der Waals surface area contributed by atoms with Gasteiger partial charge < -0.3 is 0 Å². The molecule has 2 heteroatoms. The summed E-state index contributed by atoms with van der Waals surface area (Å²) in [6.07, 6.45) is 17.0. The third kappa shape index (κ3) is 7.06. The van der Waals surface area contributed by atoms with Gasteiger partial charge in [-0.3, -0.25) is 0 Å². The summed E-state index contributed by atoms with van der Waals surface area (Å²) in [6.45, 7) is 6.82. The van der Waals surface area contributed by atoms with E-state index in [0.717, 1.165) is 12.3 Å². The number of halogens is 1. The first-order valence-corrected chi connectivity index (χ1v) is 12.6. The monoisotopic (exact) mass is 421 g/mol. The van der Waals surface area contributed by atoms with Gasteiger partial charge in [0.1, 0.15) is 6.07 Å². The molecule has 2 fully saturated rings. The van der Waals surface area contributed by atoms with E-state index < -0.39 is 5.83 Å². The average molecular weight is 422 g/mol. The lowest BCUT2D eigenvalue weighted by Crippen LogP contribution is -2.22. The van der Waals surface area contributed by atoms with Crippen LogP contribution in [0.15, 0.2) is 48.3 Å². The fraction of sp³-hybridized carbons (Fsp3) is 0.621. The Hall–Kier alpha value is -1.88. The van der Waals surface area contributed by atoms with E-state index in [9.17, 15) is 4.39 Å². The maximum absolute atomic E-state index is 12.9. The van der Waals surface area contributed by atoms with Crippen LogP contribution in [-0.2, 0) is 6.42 Å². The number of hydrogen-bond donors (Lipinski definition) is 0. The van der Waals surface area contributed by atoms with E-state index >= 15 is 0 Å². The summed E-state index contributed by atoms with van der Waals surface area (Å²) in [5.74, 6) is 2.16. The molecule has 31 heavy (non-hydrogen) atoms. The van der Waals surface area contributed by atoms with Gasteiger partial charge in [-0.1, -0.05) is 49.8 Å². The van der Waals surface area contributed by atoms with Gasteiger partial charge in [-0.25, -0.2) is 0 Å². The van der Waals surface area contributed by atoms with Crippen LogP contribution in [-0.4, -0.2) is 0 Å². The molecule has 0 amide bonds. The second-order valence-electron chi connectivity index (χ2n) is 9.93. The number of allylic oxidation sites excluding steroid dienone is 3. The van der Waals surface area contributed by atoms with Crippen LogP contribution >= 0.6 is 0 Å². The number of aryl methyl sites for hydroxylation is 1. The van der Waals surface area contributed by atoms with Gasteiger partial charge in [0.15, 0.2) is 5.83 Å². The predicted molar refractivity (Wildman–Crippen MR) is 128 cm³/mol. The molecule has 0 aliphatic heterocycles. The minimum absolute atomic E-state index is 0.634. The highest BCUT2D eigenvalue weighted by molar-refractivity contribution is 5.26. The summed E-state index contributed by atoms with van der Waals surface area (Å²) in [5.41, 5.74) is 4.53. The molecule has 0 bridgehead atoms. The molecule has 0 spiro atoms. The summed E-state index contributed by atoms with van der Waals surface area (Å²) in [6, 6.07) is 11.0. The largest absolute Gasteiger partial charge is 0.196 e. The minimum Gasteiger partial charge on any atom is -0.195 e. The molecule has 0 aromatic heterocycles. The van der Waals surface area contributed by atoms with Crippen molar-refractivity contribution in [3.05, 3.63) is 59.4 Å². The second-order valence-corrected chi connectivity index (χ2v) is 9.93. The first-order chi connectivity index (χ1) is 15.1. The molecule has 0 saturated heterocycles. The first-order valence-electron chi connectivity index (χ1n) is 12.6. The zero-order valence-electron chi connectivity index (χ0n) is 19.4. The number of hydrogen-bond acceptors (Lipinski definition) is 1. The molecule has 2 aliphatic rings. The van der Waals surface area contributed by atoms with E-state index in [1.807, 2.05) is 0 Å². The quantitative estimate of drug-likeness (QED) is 0.288. The van der Waals surface area contributed by atoms with E-state index in [0.29, 0.717) is 24.2 Å². The van der Waals surface area contributed by atoms with Crippen molar-refractivity contribution in [1.82, 2.24) is 0 Å². The Morgan fingerprint density at radius 2 is 1.65 bits per heavy atom. The Labute approximate surface area is 189 Å². The molecule has 0 heterocycles. The van der Waals surface area contributed by atoms with Crippen LogP contribution in [0.4, 0.5) is 4.39 Å². The van der Waals surface area contributed by atoms with Crippen molar-refractivity contribution in [3.63, 3.8) is 0 Å². The molecule has 0 unspecified atom stereocenters. The number of rotatable bonds is 9. The maximum atomic E-state index is 12.9. The van der Waals surface area contributed by atoms with Gasteiger partial charge in [0.25, 0.3) is 0 Å². The fourth-order valence-electron chi connectivity index (χ4n) is 5.78. The average Bonchev–Trinajstić information content (AvgIpc) is 2.83. The second kappa shape index (κ2) is 12.2. The molecule has 2 aliphatic carbocycles. The van der Waals surface area contributed by atoms with Crippen LogP contribution in [0.25, 0.3) is 0 Å². The van der Waals surface area contributed by atoms with Gasteiger partial charge in [-0.05, 0) is 118 Å². The summed E-state index contributed by atoms with van der Waals surface area (Å²) in [7, 11) is 0. The van der Waals surface area contributed by atoms with E-state index in [1.165, 1.54) is 93.4 Å². The Kier molecular flexibility index (Phi) is 9.38. The van der Waals surface area contributed by atoms with Gasteiger partial charge in [-0.15, -0.1) is 0 Å². The topological polar surface area (TPSA) is 23.8 Å². The fourth-order valence-corrected chi connectivity index (χ4v) is 5.78. The predicted octanol–water partition coefficient (Wildman–Crippen LogP) is 8.82. The molecule has 3 rings (SSSR count). The third-order valence-corrected chi connectivity index (χ3v) is 7.90. The van der Waals surface area contributed by atoms with Crippen molar-refractivity contribution >= 4 is 0 Å². The van der Waals surface area contributed by atoms with Crippen LogP contribution in [0.5, 0.6) is 0 Å². The summed E-state index contributed by atoms with van der Waals surface area (Å²) in [5, 5.41) is 8.51. The van der Waals surface area contributed by atoms with Crippen molar-refractivity contribution in [2.45, 2.75) is 96.3 Å². The zero-order valence-corrected chi connectivity index (χ0v) is 19.4. The Morgan fingerprint density at radius 3 is 2.23 bits per heavy atom. The molecular formula is C29H40FN. The number of nitriles is 1. The van der Waals surface area contributed by atoms with Crippen molar-refractivity contribution in [1.29, 1.82) is 5.26 Å². The molecule has 1 nitrogen and oxygen atoms in total. The highest BCUT2D eigenvalue weighted by Gasteiger charge is 2.29. The Morgan fingerprint density at radius 1 is 1.03 bits per heavy atom. The van der Waals surface area contributed by atoms with E-state index in [-0.39, 0.29) is 0 Å². The SMILES string of the molecule is C=C(C1CCC(CC/C=C(\F)C#N)CC1)C1CCC(c2ccc(CCCC)cc2)CC1. The molecule has 2 saturated carbocycles. The lowest BCUT2D eigenvalue weighted by atomic mass is 9.69. The minimum atomic E-state index is -0.634. The smallest absolute Gasteiger partial charge is 0.195 e. The standard InChI is InChI=1S/C29H40FN/c1-3-4-6-23-11-15-27(16-12-23)28-19-17-26(18-20-28)22(2)25-13-9-24(10-14-25)7-5-8-29(30)21-31/h8,11-12,15-16,24-26,28H,2-7,9-10,13-14,17-20H2,1H3/b29-8-. The van der Waals surface area contributed by atoms with Gasteiger partial charge in [0.05, 0.1) is 0 Å². The van der Waals surface area contributed by atoms with Crippen LogP contribution in [0.1, 0.15) is 101 Å². The molecule has 0 radical (unpaired) electrons. The lowest BCUT2D eigenvalue weighted by Gasteiger charge is -2.36. The normalized spacial score (nSPS) is 26.9. The van der Waals surface area contributed by atoms with Crippen molar-refractivity contribution in [2.75, 3.05) is 0 Å². The molecule has 0 N–H and O–H groups in total. The van der Waals surface area contributed by atoms with Gasteiger partial charge in [0.2, 0.25) is 0 Å². The number of unbranched alkanes of at least 4 members (excludes halogenated alkanes) is 1. The highest BCUT2D eigenvalue weighted by Crippen LogP contribution is 2.44. The Bertz CT molecular complexity index is 753.